The average molecular weight is 322 g/mol. The monoisotopic (exact) mass is 320 g/mol. The van der Waals surface area contributed by atoms with Crippen molar-refractivity contribution in [2.45, 2.75) is 6.42 Å². The van der Waals surface area contributed by atoms with Crippen LogP contribution in [-0.2, 0) is 11.2 Å². The summed E-state index contributed by atoms with van der Waals surface area (Å²) < 4.78 is 5.59. The summed E-state index contributed by atoms with van der Waals surface area (Å²) in [6.45, 7) is 0. The first-order valence-corrected chi connectivity index (χ1v) is 6.03. The van der Waals surface area contributed by atoms with Gasteiger partial charge in [0.1, 0.15) is 0 Å². The minimum Gasteiger partial charge on any atom is -0.465 e. The van der Waals surface area contributed by atoms with Gasteiger partial charge in [0.2, 0.25) is 0 Å². The van der Waals surface area contributed by atoms with E-state index in [0.717, 1.165) is 21.8 Å². The van der Waals surface area contributed by atoms with Gasteiger partial charge >= 0.3 is 5.97 Å². The molecule has 0 amide bonds. The van der Waals surface area contributed by atoms with Crippen LogP contribution in [0.3, 0.4) is 0 Å². The van der Waals surface area contributed by atoms with Gasteiger partial charge in [-0.05, 0) is 24.1 Å². The Morgan fingerprint density at radius 1 is 1.50 bits per heavy atom. The van der Waals surface area contributed by atoms with Gasteiger partial charge in [-0.1, -0.05) is 37.9 Å². The molecular formula is C10H10Br2O2. The van der Waals surface area contributed by atoms with Crippen LogP contribution in [0.25, 0.3) is 0 Å². The molecule has 1 rings (SSSR count). The molecule has 0 aliphatic heterocycles. The van der Waals surface area contributed by atoms with Gasteiger partial charge in [-0.15, -0.1) is 0 Å². The summed E-state index contributed by atoms with van der Waals surface area (Å²) in [5.41, 5.74) is 1.62. The zero-order chi connectivity index (χ0) is 10.6. The van der Waals surface area contributed by atoms with Crippen LogP contribution in [0.15, 0.2) is 22.7 Å². The Morgan fingerprint density at radius 3 is 2.79 bits per heavy atom. The highest BCUT2D eigenvalue weighted by molar-refractivity contribution is 9.10. The van der Waals surface area contributed by atoms with Crippen molar-refractivity contribution in [3.8, 4) is 0 Å². The first-order valence-electron chi connectivity index (χ1n) is 4.11. The number of carbonyl (C=O) groups excluding carboxylic acids is 1. The molecule has 0 heterocycles. The number of methoxy groups -OCH3 is 1. The van der Waals surface area contributed by atoms with E-state index in [9.17, 15) is 4.79 Å². The van der Waals surface area contributed by atoms with E-state index in [1.54, 1.807) is 6.07 Å². The third-order valence-electron chi connectivity index (χ3n) is 1.84. The third-order valence-corrected chi connectivity index (χ3v) is 2.73. The highest BCUT2D eigenvalue weighted by atomic mass is 79.9. The van der Waals surface area contributed by atoms with Gasteiger partial charge < -0.3 is 4.74 Å². The number of aryl methyl sites for hydroxylation is 1. The van der Waals surface area contributed by atoms with Crippen molar-refractivity contribution in [2.24, 2.45) is 0 Å². The normalized spacial score (nSPS) is 9.93. The molecule has 0 bridgehead atoms. The van der Waals surface area contributed by atoms with Crippen molar-refractivity contribution in [3.05, 3.63) is 33.8 Å². The van der Waals surface area contributed by atoms with Gasteiger partial charge in [0.25, 0.3) is 0 Å². The lowest BCUT2D eigenvalue weighted by molar-refractivity contribution is 0.0599. The van der Waals surface area contributed by atoms with Gasteiger partial charge in [-0.25, -0.2) is 4.79 Å². The molecule has 2 nitrogen and oxygen atoms in total. The maximum absolute atomic E-state index is 11.4. The Kier molecular flexibility index (Phi) is 4.62. The molecule has 0 spiro atoms. The second kappa shape index (κ2) is 5.51. The predicted molar refractivity (Wildman–Crippen MR) is 63.0 cm³/mol. The Labute approximate surface area is 99.9 Å². The molecule has 4 heteroatoms. The minimum absolute atomic E-state index is 0.290. The van der Waals surface area contributed by atoms with Crippen LogP contribution < -0.4 is 0 Å². The van der Waals surface area contributed by atoms with E-state index in [2.05, 4.69) is 31.9 Å². The average Bonchev–Trinajstić information content (AvgIpc) is 2.20. The second-order valence-electron chi connectivity index (χ2n) is 2.73. The predicted octanol–water partition coefficient (Wildman–Crippen LogP) is 3.17. The summed E-state index contributed by atoms with van der Waals surface area (Å²) in [6.07, 6.45) is 0.817. The maximum atomic E-state index is 11.4. The van der Waals surface area contributed by atoms with E-state index in [1.807, 2.05) is 12.1 Å². The van der Waals surface area contributed by atoms with Crippen LogP contribution in [0, 0.1) is 0 Å². The van der Waals surface area contributed by atoms with Crippen molar-refractivity contribution in [1.82, 2.24) is 0 Å². The fourth-order valence-electron chi connectivity index (χ4n) is 1.17. The molecule has 1 aromatic rings. The number of hydrogen-bond acceptors (Lipinski definition) is 2. The van der Waals surface area contributed by atoms with E-state index in [4.69, 9.17) is 4.74 Å². The molecule has 0 fully saturated rings. The molecule has 0 aromatic heterocycles. The highest BCUT2D eigenvalue weighted by Gasteiger charge is 2.11. The van der Waals surface area contributed by atoms with E-state index in [-0.39, 0.29) is 5.97 Å². The van der Waals surface area contributed by atoms with Crippen LogP contribution in [0.2, 0.25) is 0 Å². The summed E-state index contributed by atoms with van der Waals surface area (Å²) in [6, 6.07) is 5.63. The summed E-state index contributed by atoms with van der Waals surface area (Å²) in [5.74, 6) is -0.290. The van der Waals surface area contributed by atoms with Gasteiger partial charge in [-0.2, -0.15) is 0 Å². The zero-order valence-electron chi connectivity index (χ0n) is 7.72. The summed E-state index contributed by atoms with van der Waals surface area (Å²) in [5, 5.41) is 0.832. The molecular weight excluding hydrogens is 312 g/mol. The van der Waals surface area contributed by atoms with Crippen molar-refractivity contribution in [2.75, 3.05) is 12.4 Å². The van der Waals surface area contributed by atoms with Crippen LogP contribution in [0.4, 0.5) is 0 Å². The third kappa shape index (κ3) is 2.82. The topological polar surface area (TPSA) is 26.3 Å². The SMILES string of the molecule is COC(=O)c1cc(Br)ccc1CCBr. The van der Waals surface area contributed by atoms with E-state index < -0.39 is 0 Å². The largest absolute Gasteiger partial charge is 0.465 e. The molecule has 0 saturated carbocycles. The first kappa shape index (κ1) is 11.7. The lowest BCUT2D eigenvalue weighted by atomic mass is 10.1. The Bertz CT molecular complexity index is 337. The molecule has 0 aliphatic rings. The molecule has 14 heavy (non-hydrogen) atoms. The summed E-state index contributed by atoms with van der Waals surface area (Å²) in [4.78, 5) is 11.4. The minimum atomic E-state index is -0.290. The van der Waals surface area contributed by atoms with E-state index in [1.165, 1.54) is 7.11 Å². The number of ether oxygens (including phenoxy) is 1. The van der Waals surface area contributed by atoms with E-state index in [0.29, 0.717) is 5.56 Å². The van der Waals surface area contributed by atoms with E-state index >= 15 is 0 Å². The maximum Gasteiger partial charge on any atom is 0.338 e. The number of carbonyl (C=O) groups is 1. The standard InChI is InChI=1S/C10H10Br2O2/c1-14-10(13)9-6-8(12)3-2-7(9)4-5-11/h2-3,6H,4-5H2,1H3. The highest BCUT2D eigenvalue weighted by Crippen LogP contribution is 2.18. The zero-order valence-corrected chi connectivity index (χ0v) is 10.9. The Hall–Kier alpha value is -0.350. The number of alkyl halides is 1. The van der Waals surface area contributed by atoms with Crippen LogP contribution in [0.1, 0.15) is 15.9 Å². The number of esters is 1. The first-order chi connectivity index (χ1) is 6.69. The lowest BCUT2D eigenvalue weighted by Crippen LogP contribution is -2.06. The number of hydrogen-bond donors (Lipinski definition) is 0. The smallest absolute Gasteiger partial charge is 0.338 e. The molecule has 0 unspecified atom stereocenters. The molecule has 0 N–H and O–H groups in total. The van der Waals surface area contributed by atoms with Crippen LogP contribution in [0.5, 0.6) is 0 Å². The van der Waals surface area contributed by atoms with Crippen LogP contribution in [-0.4, -0.2) is 18.4 Å². The quantitative estimate of drug-likeness (QED) is 0.631. The van der Waals surface area contributed by atoms with Crippen LogP contribution >= 0.6 is 31.9 Å². The second-order valence-corrected chi connectivity index (χ2v) is 4.44. The molecule has 1 aromatic carbocycles. The molecule has 0 saturated heterocycles. The van der Waals surface area contributed by atoms with Gasteiger partial charge in [-0.3, -0.25) is 0 Å². The number of halogens is 2. The summed E-state index contributed by atoms with van der Waals surface area (Å²) in [7, 11) is 1.39. The van der Waals surface area contributed by atoms with Crippen molar-refractivity contribution in [3.63, 3.8) is 0 Å². The molecule has 0 atom stereocenters. The van der Waals surface area contributed by atoms with Crippen molar-refractivity contribution < 1.29 is 9.53 Å². The summed E-state index contributed by atoms with van der Waals surface area (Å²) >= 11 is 6.67. The molecule has 0 radical (unpaired) electrons. The van der Waals surface area contributed by atoms with Crippen molar-refractivity contribution in [1.29, 1.82) is 0 Å². The Morgan fingerprint density at radius 2 is 2.21 bits per heavy atom. The van der Waals surface area contributed by atoms with Crippen molar-refractivity contribution >= 4 is 37.8 Å². The lowest BCUT2D eigenvalue weighted by Gasteiger charge is -2.06. The fourth-order valence-corrected chi connectivity index (χ4v) is 1.96. The number of rotatable bonds is 3. The Balaban J connectivity index is 3.08. The van der Waals surface area contributed by atoms with Gasteiger partial charge in [0.15, 0.2) is 0 Å². The van der Waals surface area contributed by atoms with Gasteiger partial charge in [0, 0.05) is 9.80 Å². The fraction of sp³-hybridized carbons (Fsp3) is 0.300. The molecule has 76 valence electrons. The number of benzene rings is 1. The van der Waals surface area contributed by atoms with Gasteiger partial charge in [0.05, 0.1) is 12.7 Å². The molecule has 0 aliphatic carbocycles.